The highest BCUT2D eigenvalue weighted by Gasteiger charge is 2.27. The van der Waals surface area contributed by atoms with Gasteiger partial charge < -0.3 is 0 Å². The van der Waals surface area contributed by atoms with Gasteiger partial charge in [0.05, 0.1) is 0 Å². The third-order valence-corrected chi connectivity index (χ3v) is 5.24. The third-order valence-electron chi connectivity index (χ3n) is 4.02. The Hall–Kier alpha value is -0.350. The zero-order valence-electron chi connectivity index (χ0n) is 14.3. The van der Waals surface area contributed by atoms with Crippen LogP contribution in [0.15, 0.2) is 12.0 Å². The molecule has 4 heteroatoms. The van der Waals surface area contributed by atoms with Crippen molar-refractivity contribution >= 4 is 10.0 Å². The van der Waals surface area contributed by atoms with Gasteiger partial charge >= 0.3 is 0 Å². The molecule has 1 unspecified atom stereocenters. The number of sulfonamides is 1. The van der Waals surface area contributed by atoms with Crippen molar-refractivity contribution in [1.82, 2.24) is 4.72 Å². The minimum atomic E-state index is -3.35. The maximum atomic E-state index is 11.8. The van der Waals surface area contributed by atoms with Crippen LogP contribution in [0.2, 0.25) is 0 Å². The average Bonchev–Trinajstić information content (AvgIpc) is 2.43. The van der Waals surface area contributed by atoms with Crippen LogP contribution in [-0.2, 0) is 10.0 Å². The summed E-state index contributed by atoms with van der Waals surface area (Å²) in [6, 6.07) is 0. The summed E-state index contributed by atoms with van der Waals surface area (Å²) < 4.78 is 26.5. The molecular weight excluding hydrogens is 282 g/mol. The molecule has 0 rings (SSSR count). The molecule has 0 fully saturated rings. The Bertz CT molecular complexity index is 365. The van der Waals surface area contributed by atoms with Gasteiger partial charge in [-0.05, 0) is 19.8 Å². The summed E-state index contributed by atoms with van der Waals surface area (Å²) in [6.07, 6.45) is 12.5. The lowest BCUT2D eigenvalue weighted by molar-refractivity contribution is 0.333. The predicted molar refractivity (Wildman–Crippen MR) is 92.8 cm³/mol. The monoisotopic (exact) mass is 317 g/mol. The topological polar surface area (TPSA) is 46.2 Å². The number of hydrogen-bond acceptors (Lipinski definition) is 2. The number of unbranched alkanes of at least 4 members (excludes halogenated alkanes) is 7. The lowest BCUT2D eigenvalue weighted by Crippen LogP contribution is -2.45. The highest BCUT2D eigenvalue weighted by Crippen LogP contribution is 2.24. The van der Waals surface area contributed by atoms with Gasteiger partial charge in [-0.2, -0.15) is 0 Å². The van der Waals surface area contributed by atoms with Crippen molar-refractivity contribution in [3.63, 3.8) is 0 Å². The molecule has 0 aliphatic carbocycles. The Morgan fingerprint density at radius 1 is 0.905 bits per heavy atom. The first kappa shape index (κ1) is 20.6. The predicted octanol–water partition coefficient (Wildman–Crippen LogP) is 5.14. The summed E-state index contributed by atoms with van der Waals surface area (Å²) in [4.78, 5) is 0. The fourth-order valence-electron chi connectivity index (χ4n) is 2.67. The molecule has 0 aliphatic rings. The van der Waals surface area contributed by atoms with E-state index in [9.17, 15) is 8.42 Å². The van der Waals surface area contributed by atoms with Crippen LogP contribution in [0.1, 0.15) is 91.4 Å². The first-order valence-electron chi connectivity index (χ1n) is 8.55. The van der Waals surface area contributed by atoms with Crippen molar-refractivity contribution in [2.45, 2.75) is 96.9 Å². The second-order valence-corrected chi connectivity index (χ2v) is 7.98. The van der Waals surface area contributed by atoms with Gasteiger partial charge in [-0.3, -0.25) is 0 Å². The summed E-state index contributed by atoms with van der Waals surface area (Å²) in [7, 11) is -3.35. The molecule has 0 aliphatic heterocycles. The first-order chi connectivity index (χ1) is 9.89. The second-order valence-electron chi connectivity index (χ2n) is 6.35. The Morgan fingerprint density at radius 2 is 1.33 bits per heavy atom. The molecule has 0 saturated heterocycles. The first-order valence-corrected chi connectivity index (χ1v) is 10.1. The molecule has 0 saturated carbocycles. The Labute approximate surface area is 132 Å². The van der Waals surface area contributed by atoms with E-state index in [1.54, 1.807) is 0 Å². The van der Waals surface area contributed by atoms with Crippen LogP contribution >= 0.6 is 0 Å². The van der Waals surface area contributed by atoms with Crippen LogP contribution in [0.5, 0.6) is 0 Å². The van der Waals surface area contributed by atoms with Crippen LogP contribution in [0.3, 0.4) is 0 Å². The van der Waals surface area contributed by atoms with E-state index in [0.29, 0.717) is 0 Å². The van der Waals surface area contributed by atoms with Crippen LogP contribution < -0.4 is 4.72 Å². The Balaban J connectivity index is 4.40. The SMILES string of the molecule is C=CS(=O)(=O)NC(C)(CCCCCC)CCCCCCC. The van der Waals surface area contributed by atoms with Crippen molar-refractivity contribution in [3.05, 3.63) is 12.0 Å². The van der Waals surface area contributed by atoms with Gasteiger partial charge in [0.2, 0.25) is 10.0 Å². The third kappa shape index (κ3) is 10.9. The summed E-state index contributed by atoms with van der Waals surface area (Å²) in [5, 5.41) is 1.02. The molecule has 0 heterocycles. The quantitative estimate of drug-likeness (QED) is 0.451. The molecule has 0 bridgehead atoms. The van der Waals surface area contributed by atoms with Crippen LogP contribution in [0.25, 0.3) is 0 Å². The molecule has 1 atom stereocenters. The van der Waals surface area contributed by atoms with Crippen LogP contribution in [-0.4, -0.2) is 14.0 Å². The van der Waals surface area contributed by atoms with Gasteiger partial charge in [-0.25, -0.2) is 13.1 Å². The molecule has 3 nitrogen and oxygen atoms in total. The molecule has 0 aromatic rings. The summed E-state index contributed by atoms with van der Waals surface area (Å²) in [6.45, 7) is 9.83. The lowest BCUT2D eigenvalue weighted by Gasteiger charge is -2.30. The summed E-state index contributed by atoms with van der Waals surface area (Å²) in [5.41, 5.74) is -0.326. The van der Waals surface area contributed by atoms with Gasteiger partial charge in [0.25, 0.3) is 0 Å². The molecule has 0 radical (unpaired) electrons. The lowest BCUT2D eigenvalue weighted by atomic mass is 9.89. The van der Waals surface area contributed by atoms with E-state index in [1.807, 2.05) is 6.92 Å². The van der Waals surface area contributed by atoms with Gasteiger partial charge in [0, 0.05) is 10.9 Å². The molecule has 0 amide bonds. The van der Waals surface area contributed by atoms with Gasteiger partial charge in [-0.15, -0.1) is 0 Å². The highest BCUT2D eigenvalue weighted by molar-refractivity contribution is 7.92. The number of nitrogens with one attached hydrogen (secondary N) is 1. The Kier molecular flexibility index (Phi) is 11.1. The molecular formula is C17H35NO2S. The molecule has 21 heavy (non-hydrogen) atoms. The van der Waals surface area contributed by atoms with Crippen LogP contribution in [0, 0.1) is 0 Å². The van der Waals surface area contributed by atoms with E-state index in [4.69, 9.17) is 0 Å². The minimum Gasteiger partial charge on any atom is -0.208 e. The van der Waals surface area contributed by atoms with E-state index in [-0.39, 0.29) is 5.54 Å². The fraction of sp³-hybridized carbons (Fsp3) is 0.882. The maximum Gasteiger partial charge on any atom is 0.233 e. The van der Waals surface area contributed by atoms with Crippen molar-refractivity contribution in [1.29, 1.82) is 0 Å². The van der Waals surface area contributed by atoms with Crippen molar-refractivity contribution in [3.8, 4) is 0 Å². The van der Waals surface area contributed by atoms with Crippen molar-refractivity contribution < 1.29 is 8.42 Å². The zero-order valence-corrected chi connectivity index (χ0v) is 15.1. The summed E-state index contributed by atoms with van der Waals surface area (Å²) >= 11 is 0. The zero-order chi connectivity index (χ0) is 16.2. The maximum absolute atomic E-state index is 11.8. The molecule has 0 aromatic carbocycles. The van der Waals surface area contributed by atoms with E-state index < -0.39 is 10.0 Å². The average molecular weight is 318 g/mol. The van der Waals surface area contributed by atoms with Crippen molar-refractivity contribution in [2.24, 2.45) is 0 Å². The van der Waals surface area contributed by atoms with E-state index in [0.717, 1.165) is 31.1 Å². The van der Waals surface area contributed by atoms with Crippen LogP contribution in [0.4, 0.5) is 0 Å². The molecule has 126 valence electrons. The van der Waals surface area contributed by atoms with E-state index in [1.165, 1.54) is 44.9 Å². The van der Waals surface area contributed by atoms with Gasteiger partial charge in [0.1, 0.15) is 0 Å². The van der Waals surface area contributed by atoms with Gasteiger partial charge in [-0.1, -0.05) is 78.2 Å². The number of hydrogen-bond donors (Lipinski definition) is 1. The van der Waals surface area contributed by atoms with E-state index in [2.05, 4.69) is 25.1 Å². The fourth-order valence-corrected chi connectivity index (χ4v) is 3.65. The smallest absolute Gasteiger partial charge is 0.208 e. The normalized spacial score (nSPS) is 14.8. The minimum absolute atomic E-state index is 0.326. The molecule has 0 spiro atoms. The van der Waals surface area contributed by atoms with E-state index >= 15 is 0 Å². The molecule has 0 aromatic heterocycles. The standard InChI is InChI=1S/C17H35NO2S/c1-5-8-10-12-14-16-17(4,15-13-11-9-6-2)18-21(19,20)7-3/h7,18H,3,5-6,8-16H2,1-2,4H3. The number of rotatable bonds is 14. The largest absolute Gasteiger partial charge is 0.233 e. The van der Waals surface area contributed by atoms with Crippen molar-refractivity contribution in [2.75, 3.05) is 0 Å². The Morgan fingerprint density at radius 3 is 1.76 bits per heavy atom. The summed E-state index contributed by atoms with van der Waals surface area (Å²) in [5.74, 6) is 0. The molecule has 1 N–H and O–H groups in total. The highest BCUT2D eigenvalue weighted by atomic mass is 32.2. The van der Waals surface area contributed by atoms with Gasteiger partial charge in [0.15, 0.2) is 0 Å². The second kappa shape index (κ2) is 11.2.